The number of fused-ring (bicyclic) bond motifs is 6. The summed E-state index contributed by atoms with van der Waals surface area (Å²) in [6.45, 7) is 0. The van der Waals surface area contributed by atoms with Crippen LogP contribution >= 0.6 is 0 Å². The van der Waals surface area contributed by atoms with Crippen molar-refractivity contribution in [3.8, 4) is 67.5 Å². The SMILES string of the molecule is c1ccc(-c2nc(-c3ccccc3)nc(-c3ccccc3-c3c4c(cc5oc6ccccc6c35)-c3cccc5cccc-4c35)n2)cc1. The van der Waals surface area contributed by atoms with E-state index in [0.717, 1.165) is 49.8 Å². The van der Waals surface area contributed by atoms with Crippen LogP contribution in [0.25, 0.3) is 100 Å². The summed E-state index contributed by atoms with van der Waals surface area (Å²) in [6, 6.07) is 52.5. The van der Waals surface area contributed by atoms with Crippen molar-refractivity contribution in [3.63, 3.8) is 0 Å². The lowest BCUT2D eigenvalue weighted by molar-refractivity contribution is 0.669. The molecule has 9 aromatic rings. The second kappa shape index (κ2) is 10.1. The number of aromatic nitrogens is 3. The van der Waals surface area contributed by atoms with Gasteiger partial charge in [0.15, 0.2) is 17.5 Å². The molecule has 0 fully saturated rings. The zero-order valence-electron chi connectivity index (χ0n) is 25.2. The molecule has 0 spiro atoms. The first-order valence-corrected chi connectivity index (χ1v) is 15.8. The number of furan rings is 1. The minimum atomic E-state index is 0.626. The Morgan fingerprint density at radius 3 is 1.66 bits per heavy atom. The van der Waals surface area contributed by atoms with Crippen molar-refractivity contribution < 1.29 is 4.42 Å². The second-order valence-corrected chi connectivity index (χ2v) is 11.9. The Morgan fingerprint density at radius 1 is 0.362 bits per heavy atom. The predicted molar refractivity (Wildman–Crippen MR) is 191 cm³/mol. The maximum atomic E-state index is 6.59. The summed E-state index contributed by atoms with van der Waals surface area (Å²) in [5.41, 5.74) is 11.6. The van der Waals surface area contributed by atoms with Crippen LogP contribution in [0.4, 0.5) is 0 Å². The van der Waals surface area contributed by atoms with Gasteiger partial charge in [-0.15, -0.1) is 0 Å². The molecule has 2 heterocycles. The molecule has 7 aromatic carbocycles. The van der Waals surface area contributed by atoms with E-state index < -0.39 is 0 Å². The lowest BCUT2D eigenvalue weighted by atomic mass is 9.87. The smallest absolute Gasteiger partial charge is 0.164 e. The molecular weight excluding hydrogens is 574 g/mol. The van der Waals surface area contributed by atoms with Crippen LogP contribution in [0.5, 0.6) is 0 Å². The van der Waals surface area contributed by atoms with Gasteiger partial charge in [-0.25, -0.2) is 15.0 Å². The van der Waals surface area contributed by atoms with Crippen LogP contribution in [-0.2, 0) is 0 Å². The maximum absolute atomic E-state index is 6.59. The van der Waals surface area contributed by atoms with E-state index in [1.54, 1.807) is 0 Å². The van der Waals surface area contributed by atoms with E-state index >= 15 is 0 Å². The summed E-state index contributed by atoms with van der Waals surface area (Å²) in [6.07, 6.45) is 0. The molecule has 4 heteroatoms. The Hall–Kier alpha value is -6.39. The highest BCUT2D eigenvalue weighted by molar-refractivity contribution is 6.26. The first kappa shape index (κ1) is 25.9. The molecule has 0 saturated heterocycles. The Morgan fingerprint density at radius 2 is 0.936 bits per heavy atom. The van der Waals surface area contributed by atoms with E-state index in [1.165, 1.54) is 33.0 Å². The van der Waals surface area contributed by atoms with Crippen molar-refractivity contribution in [2.75, 3.05) is 0 Å². The number of nitrogens with zero attached hydrogens (tertiary/aromatic N) is 3. The molecule has 218 valence electrons. The van der Waals surface area contributed by atoms with E-state index in [1.807, 2.05) is 66.7 Å². The summed E-state index contributed by atoms with van der Waals surface area (Å²) in [7, 11) is 0. The van der Waals surface area contributed by atoms with Crippen LogP contribution < -0.4 is 0 Å². The molecule has 0 unspecified atom stereocenters. The van der Waals surface area contributed by atoms with Crippen molar-refractivity contribution in [1.82, 2.24) is 15.0 Å². The van der Waals surface area contributed by atoms with Crippen molar-refractivity contribution >= 4 is 32.7 Å². The van der Waals surface area contributed by atoms with Crippen LogP contribution in [0.1, 0.15) is 0 Å². The fraction of sp³-hybridized carbons (Fsp3) is 0. The molecule has 0 aliphatic heterocycles. The van der Waals surface area contributed by atoms with Gasteiger partial charge in [-0.1, -0.05) is 140 Å². The van der Waals surface area contributed by atoms with Gasteiger partial charge in [0.25, 0.3) is 0 Å². The van der Waals surface area contributed by atoms with Crippen LogP contribution in [0.15, 0.2) is 156 Å². The molecule has 0 atom stereocenters. The third-order valence-electron chi connectivity index (χ3n) is 9.27. The van der Waals surface area contributed by atoms with Crippen molar-refractivity contribution in [2.24, 2.45) is 0 Å². The molecular formula is C43H25N3O. The molecule has 0 bridgehead atoms. The number of para-hydroxylation sites is 1. The molecule has 0 radical (unpaired) electrons. The van der Waals surface area contributed by atoms with E-state index in [4.69, 9.17) is 19.4 Å². The van der Waals surface area contributed by atoms with Gasteiger partial charge in [-0.05, 0) is 50.7 Å². The molecule has 10 rings (SSSR count). The Balaban J connectivity index is 1.32. The lowest BCUT2D eigenvalue weighted by Crippen LogP contribution is -2.01. The average molecular weight is 600 g/mol. The topological polar surface area (TPSA) is 51.8 Å². The number of benzene rings is 7. The summed E-state index contributed by atoms with van der Waals surface area (Å²) in [5.74, 6) is 1.90. The Kier molecular flexibility index (Phi) is 5.54. The van der Waals surface area contributed by atoms with E-state index in [9.17, 15) is 0 Å². The second-order valence-electron chi connectivity index (χ2n) is 11.9. The van der Waals surface area contributed by atoms with Gasteiger partial charge in [0.2, 0.25) is 0 Å². The highest BCUT2D eigenvalue weighted by Crippen LogP contribution is 2.55. The van der Waals surface area contributed by atoms with Crippen LogP contribution in [0.3, 0.4) is 0 Å². The molecule has 1 aliphatic rings. The zero-order valence-corrected chi connectivity index (χ0v) is 25.2. The molecule has 1 aliphatic carbocycles. The highest BCUT2D eigenvalue weighted by atomic mass is 16.3. The Labute approximate surface area is 270 Å². The maximum Gasteiger partial charge on any atom is 0.164 e. The monoisotopic (exact) mass is 599 g/mol. The minimum Gasteiger partial charge on any atom is -0.456 e. The summed E-state index contributed by atoms with van der Waals surface area (Å²) >= 11 is 0. The molecule has 0 saturated carbocycles. The summed E-state index contributed by atoms with van der Waals surface area (Å²) < 4.78 is 6.59. The van der Waals surface area contributed by atoms with Crippen LogP contribution in [-0.4, -0.2) is 15.0 Å². The lowest BCUT2D eigenvalue weighted by Gasteiger charge is -2.17. The molecule has 47 heavy (non-hydrogen) atoms. The van der Waals surface area contributed by atoms with Crippen molar-refractivity contribution in [2.45, 2.75) is 0 Å². The quantitative estimate of drug-likeness (QED) is 0.202. The predicted octanol–water partition coefficient (Wildman–Crippen LogP) is 11.2. The third kappa shape index (κ3) is 3.92. The fourth-order valence-corrected chi connectivity index (χ4v) is 7.25. The van der Waals surface area contributed by atoms with Gasteiger partial charge >= 0.3 is 0 Å². The van der Waals surface area contributed by atoms with Crippen LogP contribution in [0, 0.1) is 0 Å². The summed E-state index contributed by atoms with van der Waals surface area (Å²) in [4.78, 5) is 15.2. The Bertz CT molecular complexity index is 2610. The minimum absolute atomic E-state index is 0.626. The average Bonchev–Trinajstić information content (AvgIpc) is 3.68. The first-order valence-electron chi connectivity index (χ1n) is 15.8. The number of hydrogen-bond acceptors (Lipinski definition) is 4. The molecule has 0 N–H and O–H groups in total. The van der Waals surface area contributed by atoms with Gasteiger partial charge in [0.05, 0.1) is 0 Å². The third-order valence-corrected chi connectivity index (χ3v) is 9.27. The van der Waals surface area contributed by atoms with Gasteiger partial charge in [0.1, 0.15) is 11.2 Å². The first-order chi connectivity index (χ1) is 23.3. The normalized spacial score (nSPS) is 11.8. The van der Waals surface area contributed by atoms with Gasteiger partial charge in [-0.2, -0.15) is 0 Å². The highest BCUT2D eigenvalue weighted by Gasteiger charge is 2.30. The molecule has 0 amide bonds. The zero-order chi connectivity index (χ0) is 30.9. The molecule has 2 aromatic heterocycles. The fourth-order valence-electron chi connectivity index (χ4n) is 7.25. The number of rotatable bonds is 4. The number of hydrogen-bond donors (Lipinski definition) is 0. The molecule has 4 nitrogen and oxygen atoms in total. The summed E-state index contributed by atoms with van der Waals surface area (Å²) in [5, 5.41) is 4.69. The van der Waals surface area contributed by atoms with E-state index in [-0.39, 0.29) is 0 Å². The van der Waals surface area contributed by atoms with Gasteiger partial charge in [0, 0.05) is 33.0 Å². The van der Waals surface area contributed by atoms with Gasteiger partial charge < -0.3 is 4.42 Å². The van der Waals surface area contributed by atoms with Crippen LogP contribution in [0.2, 0.25) is 0 Å². The van der Waals surface area contributed by atoms with Gasteiger partial charge in [-0.3, -0.25) is 0 Å². The van der Waals surface area contributed by atoms with Crippen molar-refractivity contribution in [3.05, 3.63) is 152 Å². The largest absolute Gasteiger partial charge is 0.456 e. The standard InChI is InChI=1S/C43H25N3O/c1-3-13-27(14-4-1)41-44-42(28-15-5-2-6-16-28)46-43(45-41)31-20-8-7-19-29(31)40-38-33-23-12-18-26-17-11-22-30(37(26)33)34(38)25-36-39(40)32-21-9-10-24-35(32)47-36/h1-25H. The van der Waals surface area contributed by atoms with E-state index in [0.29, 0.717) is 17.5 Å². The van der Waals surface area contributed by atoms with E-state index in [2.05, 4.69) is 84.9 Å². The van der Waals surface area contributed by atoms with Crippen molar-refractivity contribution in [1.29, 1.82) is 0 Å².